The largest absolute Gasteiger partial charge is 0.573 e. The lowest BCUT2D eigenvalue weighted by Gasteiger charge is -2.16. The predicted octanol–water partition coefficient (Wildman–Crippen LogP) is 6.42. The fourth-order valence-corrected chi connectivity index (χ4v) is 3.45. The summed E-state index contributed by atoms with van der Waals surface area (Å²) in [7, 11) is 0. The molecule has 0 N–H and O–H groups in total. The highest BCUT2D eigenvalue weighted by molar-refractivity contribution is 5.47. The predicted molar refractivity (Wildman–Crippen MR) is 97.1 cm³/mol. The molecular weight excluding hydrogens is 376 g/mol. The van der Waals surface area contributed by atoms with Gasteiger partial charge in [0, 0.05) is 0 Å². The molecule has 156 valence electrons. The van der Waals surface area contributed by atoms with E-state index in [2.05, 4.69) is 4.74 Å². The average molecular weight is 402 g/mol. The molecule has 1 aromatic rings. The zero-order valence-electron chi connectivity index (χ0n) is 15.8. The van der Waals surface area contributed by atoms with Crippen molar-refractivity contribution in [1.82, 2.24) is 0 Å². The normalized spacial score (nSPS) is 18.0. The van der Waals surface area contributed by atoms with Crippen molar-refractivity contribution in [2.75, 3.05) is 13.2 Å². The Morgan fingerprint density at radius 2 is 1.71 bits per heavy atom. The second kappa shape index (κ2) is 9.52. The van der Waals surface area contributed by atoms with E-state index in [0.717, 1.165) is 19.3 Å². The van der Waals surface area contributed by atoms with Gasteiger partial charge in [-0.1, -0.05) is 37.8 Å². The number of halogens is 4. The third-order valence-electron chi connectivity index (χ3n) is 5.10. The minimum Gasteiger partial charge on any atom is -0.490 e. The molecule has 0 aromatic heterocycles. The van der Waals surface area contributed by atoms with Gasteiger partial charge in [-0.05, 0) is 49.7 Å². The molecule has 7 heteroatoms. The van der Waals surface area contributed by atoms with Gasteiger partial charge >= 0.3 is 6.36 Å². The second-order valence-corrected chi connectivity index (χ2v) is 7.47. The second-order valence-electron chi connectivity index (χ2n) is 7.47. The van der Waals surface area contributed by atoms with Gasteiger partial charge in [0.25, 0.3) is 0 Å². The van der Waals surface area contributed by atoms with Crippen molar-refractivity contribution < 1.29 is 31.8 Å². The van der Waals surface area contributed by atoms with Crippen LogP contribution >= 0.6 is 0 Å². The van der Waals surface area contributed by atoms with E-state index in [1.807, 2.05) is 6.08 Å². The topological polar surface area (TPSA) is 27.7 Å². The molecule has 0 bridgehead atoms. The lowest BCUT2D eigenvalue weighted by Crippen LogP contribution is -2.19. The molecule has 1 aromatic carbocycles. The first-order valence-electron chi connectivity index (χ1n) is 9.93. The number of ether oxygens (including phenoxy) is 3. The van der Waals surface area contributed by atoms with Crippen LogP contribution in [0, 0.1) is 17.7 Å². The maximum atomic E-state index is 14.6. The van der Waals surface area contributed by atoms with Gasteiger partial charge in [0.15, 0.2) is 11.5 Å². The summed E-state index contributed by atoms with van der Waals surface area (Å²) < 4.78 is 67.3. The molecule has 2 fully saturated rings. The Balaban J connectivity index is 1.61. The fourth-order valence-electron chi connectivity index (χ4n) is 3.45. The van der Waals surface area contributed by atoms with Gasteiger partial charge in [0.05, 0.1) is 6.61 Å². The summed E-state index contributed by atoms with van der Waals surface area (Å²) >= 11 is 0. The highest BCUT2D eigenvalue weighted by atomic mass is 19.4. The Hall–Kier alpha value is -1.92. The summed E-state index contributed by atoms with van der Waals surface area (Å²) in [5.41, 5.74) is 0. The summed E-state index contributed by atoms with van der Waals surface area (Å²) in [6.07, 6.45) is 7.49. The van der Waals surface area contributed by atoms with Gasteiger partial charge < -0.3 is 14.2 Å². The number of alkyl halides is 3. The molecule has 0 saturated heterocycles. The first kappa shape index (κ1) is 20.8. The Morgan fingerprint density at radius 1 is 1.00 bits per heavy atom. The molecule has 0 aliphatic heterocycles. The quantitative estimate of drug-likeness (QED) is 0.257. The molecule has 0 heterocycles. The minimum atomic E-state index is -5.02. The van der Waals surface area contributed by atoms with Gasteiger partial charge in [-0.25, -0.2) is 0 Å². The lowest BCUT2D eigenvalue weighted by molar-refractivity contribution is -0.276. The van der Waals surface area contributed by atoms with E-state index in [4.69, 9.17) is 9.47 Å². The van der Waals surface area contributed by atoms with Crippen LogP contribution < -0.4 is 14.2 Å². The minimum absolute atomic E-state index is 0.0838. The van der Waals surface area contributed by atoms with Crippen LogP contribution in [0.1, 0.15) is 51.4 Å². The zero-order valence-corrected chi connectivity index (χ0v) is 15.8. The van der Waals surface area contributed by atoms with Crippen molar-refractivity contribution in [3.05, 3.63) is 30.1 Å². The number of hydrogen-bond acceptors (Lipinski definition) is 3. The van der Waals surface area contributed by atoms with Gasteiger partial charge in [-0.3, -0.25) is 0 Å². The van der Waals surface area contributed by atoms with E-state index >= 15 is 0 Å². The molecule has 2 saturated carbocycles. The maximum Gasteiger partial charge on any atom is 0.573 e. The van der Waals surface area contributed by atoms with Crippen LogP contribution in [0.15, 0.2) is 24.3 Å². The van der Waals surface area contributed by atoms with Crippen LogP contribution in [-0.2, 0) is 0 Å². The molecule has 0 atom stereocenters. The van der Waals surface area contributed by atoms with E-state index in [1.165, 1.54) is 37.8 Å². The van der Waals surface area contributed by atoms with E-state index < -0.39 is 17.9 Å². The Labute approximate surface area is 162 Å². The van der Waals surface area contributed by atoms with Crippen LogP contribution in [0.25, 0.3) is 0 Å². The van der Waals surface area contributed by atoms with Crippen LogP contribution in [0.3, 0.4) is 0 Å². The van der Waals surface area contributed by atoms with Gasteiger partial charge in [0.1, 0.15) is 6.61 Å². The smallest absolute Gasteiger partial charge is 0.490 e. The molecule has 3 nitrogen and oxygen atoms in total. The highest BCUT2D eigenvalue weighted by Gasteiger charge is 2.35. The van der Waals surface area contributed by atoms with Gasteiger partial charge in [-0.15, -0.1) is 13.2 Å². The van der Waals surface area contributed by atoms with Gasteiger partial charge in [0.2, 0.25) is 11.6 Å². The van der Waals surface area contributed by atoms with Crippen molar-refractivity contribution >= 4 is 0 Å². The lowest BCUT2D eigenvalue weighted by atomic mass is 10.1. The molecular formula is C21H26F4O3. The van der Waals surface area contributed by atoms with Gasteiger partial charge in [-0.2, -0.15) is 4.39 Å². The Kier molecular flexibility index (Phi) is 7.08. The van der Waals surface area contributed by atoms with Crippen molar-refractivity contribution in [1.29, 1.82) is 0 Å². The molecule has 0 unspecified atom stereocenters. The Bertz CT molecular complexity index is 662. The summed E-state index contributed by atoms with van der Waals surface area (Å²) in [6.45, 7) is 0.301. The maximum absolute atomic E-state index is 14.6. The van der Waals surface area contributed by atoms with Crippen LogP contribution in [0.5, 0.6) is 17.2 Å². The number of allylic oxidation sites excluding steroid dienone is 1. The zero-order chi connectivity index (χ0) is 20.0. The van der Waals surface area contributed by atoms with Crippen LogP contribution in [-0.4, -0.2) is 19.6 Å². The molecule has 28 heavy (non-hydrogen) atoms. The first-order valence-corrected chi connectivity index (χ1v) is 9.93. The molecule has 3 rings (SSSR count). The van der Waals surface area contributed by atoms with Crippen LogP contribution in [0.4, 0.5) is 17.6 Å². The summed E-state index contributed by atoms with van der Waals surface area (Å²) in [6, 6.07) is 2.54. The number of hydrogen-bond donors (Lipinski definition) is 0. The van der Waals surface area contributed by atoms with E-state index in [9.17, 15) is 17.6 Å². The first-order chi connectivity index (χ1) is 13.4. The highest BCUT2D eigenvalue weighted by Crippen LogP contribution is 2.40. The molecule has 2 aliphatic carbocycles. The average Bonchev–Trinajstić information content (AvgIpc) is 3.31. The third-order valence-corrected chi connectivity index (χ3v) is 5.10. The SMILES string of the molecule is Fc1c(OC/C=C/C2CCCC2)ccc(OCCCC2CC2)c1OC(F)(F)F. The van der Waals surface area contributed by atoms with Crippen LogP contribution in [0.2, 0.25) is 0 Å². The molecule has 0 amide bonds. The third kappa shape index (κ3) is 6.60. The molecule has 2 aliphatic rings. The standard InChI is InChI=1S/C21H26F4O3/c22-19-17(26-13-3-7-15-5-1-2-6-15)11-12-18(20(19)28-21(23,24)25)27-14-4-8-16-9-10-16/h3,7,11-12,15-16H,1-2,4-6,8-10,13-14H2/b7-3+. The summed E-state index contributed by atoms with van der Waals surface area (Å²) in [5.74, 6) is -1.54. The van der Waals surface area contributed by atoms with E-state index in [-0.39, 0.29) is 24.7 Å². The van der Waals surface area contributed by atoms with E-state index in [1.54, 1.807) is 6.08 Å². The Morgan fingerprint density at radius 3 is 2.39 bits per heavy atom. The van der Waals surface area contributed by atoms with Crippen molar-refractivity contribution in [2.45, 2.75) is 57.7 Å². The number of rotatable bonds is 10. The number of benzene rings is 1. The monoisotopic (exact) mass is 402 g/mol. The van der Waals surface area contributed by atoms with Crippen molar-refractivity contribution in [2.24, 2.45) is 11.8 Å². The fraction of sp³-hybridized carbons (Fsp3) is 0.619. The molecule has 0 radical (unpaired) electrons. The summed E-state index contributed by atoms with van der Waals surface area (Å²) in [4.78, 5) is 0. The summed E-state index contributed by atoms with van der Waals surface area (Å²) in [5, 5.41) is 0. The van der Waals surface area contributed by atoms with Crippen molar-refractivity contribution in [3.8, 4) is 17.2 Å². The molecule has 0 spiro atoms. The van der Waals surface area contributed by atoms with Crippen molar-refractivity contribution in [3.63, 3.8) is 0 Å². The van der Waals surface area contributed by atoms with E-state index in [0.29, 0.717) is 18.3 Å².